The number of carbonyl (C=O) groups excluding carboxylic acids is 2. The third kappa shape index (κ3) is 5.04. The van der Waals surface area contributed by atoms with E-state index in [1.807, 2.05) is 0 Å². The highest BCUT2D eigenvalue weighted by molar-refractivity contribution is 8.18. The minimum absolute atomic E-state index is 0.00940. The number of pyridine rings is 1. The molecule has 2 saturated heterocycles. The van der Waals surface area contributed by atoms with Crippen molar-refractivity contribution in [1.82, 2.24) is 19.7 Å². The molecule has 0 unspecified atom stereocenters. The van der Waals surface area contributed by atoms with Crippen molar-refractivity contribution < 1.29 is 14.5 Å². The number of likely N-dealkylation sites (N-methyl/N-ethyl adjacent to an activating group) is 1. The van der Waals surface area contributed by atoms with Crippen molar-refractivity contribution in [2.24, 2.45) is 0 Å². The first-order chi connectivity index (χ1) is 15.4. The van der Waals surface area contributed by atoms with Crippen molar-refractivity contribution in [3.63, 3.8) is 0 Å². The monoisotopic (exact) mass is 453 g/mol. The molecule has 0 saturated carbocycles. The zero-order chi connectivity index (χ0) is 22.7. The number of carbonyl (C=O) groups is 2. The van der Waals surface area contributed by atoms with Gasteiger partial charge in [-0.25, -0.2) is 4.98 Å². The summed E-state index contributed by atoms with van der Waals surface area (Å²) >= 11 is 0.927. The van der Waals surface area contributed by atoms with E-state index >= 15 is 0 Å². The van der Waals surface area contributed by atoms with Gasteiger partial charge < -0.3 is 4.90 Å². The van der Waals surface area contributed by atoms with Crippen molar-refractivity contribution in [3.8, 4) is 11.3 Å². The first-order valence-electron chi connectivity index (χ1n) is 10.3. The largest absolute Gasteiger partial charge is 0.304 e. The average molecular weight is 454 g/mol. The Morgan fingerprint density at radius 1 is 1.06 bits per heavy atom. The van der Waals surface area contributed by atoms with Gasteiger partial charge >= 0.3 is 0 Å². The number of aromatic nitrogens is 1. The Hall–Kier alpha value is -3.08. The van der Waals surface area contributed by atoms with Gasteiger partial charge in [-0.1, -0.05) is 6.07 Å². The van der Waals surface area contributed by atoms with E-state index < -0.39 is 4.92 Å². The Morgan fingerprint density at radius 3 is 2.47 bits per heavy atom. The number of nitrogens with zero attached hydrogens (tertiary/aromatic N) is 5. The van der Waals surface area contributed by atoms with Crippen LogP contribution in [0.4, 0.5) is 10.5 Å². The van der Waals surface area contributed by atoms with Gasteiger partial charge in [0, 0.05) is 57.0 Å². The lowest BCUT2D eigenvalue weighted by atomic mass is 10.1. The van der Waals surface area contributed by atoms with Crippen LogP contribution in [0.3, 0.4) is 0 Å². The standard InChI is InChI=1S/C22H23N5O4S/c1-24-9-11-25(12-10-24)13-14-26-21(28)20(32-22(26)29)15-17-3-2-4-19(23-17)16-5-7-18(8-6-16)27(30)31/h2-8,15H,9-14H2,1H3/b20-15-. The predicted octanol–water partition coefficient (Wildman–Crippen LogP) is 2.94. The summed E-state index contributed by atoms with van der Waals surface area (Å²) in [6, 6.07) is 11.5. The van der Waals surface area contributed by atoms with Crippen LogP contribution in [-0.4, -0.2) is 82.1 Å². The molecule has 0 aliphatic carbocycles. The van der Waals surface area contributed by atoms with Crippen LogP contribution in [0.15, 0.2) is 47.4 Å². The van der Waals surface area contributed by atoms with Gasteiger partial charge in [0.25, 0.3) is 16.8 Å². The van der Waals surface area contributed by atoms with Crippen LogP contribution in [0.5, 0.6) is 0 Å². The summed E-state index contributed by atoms with van der Waals surface area (Å²) in [4.78, 5) is 46.3. The first kappa shape index (κ1) is 22.1. The maximum atomic E-state index is 12.8. The lowest BCUT2D eigenvalue weighted by molar-refractivity contribution is -0.384. The van der Waals surface area contributed by atoms with Crippen LogP contribution >= 0.6 is 11.8 Å². The number of piperazine rings is 1. The normalized spacial score (nSPS) is 19.2. The quantitative estimate of drug-likeness (QED) is 0.374. The second-order valence-electron chi connectivity index (χ2n) is 7.73. The average Bonchev–Trinajstić information content (AvgIpc) is 3.06. The summed E-state index contributed by atoms with van der Waals surface area (Å²) in [6.45, 7) is 4.88. The number of hydrogen-bond acceptors (Lipinski definition) is 8. The molecule has 2 fully saturated rings. The van der Waals surface area contributed by atoms with E-state index in [0.29, 0.717) is 29.4 Å². The maximum Gasteiger partial charge on any atom is 0.293 e. The lowest BCUT2D eigenvalue weighted by Gasteiger charge is -2.32. The first-order valence-corrected chi connectivity index (χ1v) is 11.1. The fourth-order valence-corrected chi connectivity index (χ4v) is 4.44. The van der Waals surface area contributed by atoms with E-state index in [1.54, 1.807) is 36.4 Å². The van der Waals surface area contributed by atoms with Gasteiger partial charge in [0.05, 0.1) is 21.2 Å². The SMILES string of the molecule is CN1CCN(CCN2C(=O)S/C(=C\c3cccc(-c4ccc([N+](=O)[O-])cc4)n3)C2=O)CC1. The molecule has 2 aromatic rings. The molecule has 0 radical (unpaired) electrons. The van der Waals surface area contributed by atoms with Gasteiger partial charge in [-0.3, -0.25) is 29.5 Å². The second-order valence-corrected chi connectivity index (χ2v) is 8.72. The molecule has 0 spiro atoms. The van der Waals surface area contributed by atoms with Gasteiger partial charge in [0.2, 0.25) is 0 Å². The smallest absolute Gasteiger partial charge is 0.293 e. The van der Waals surface area contributed by atoms with Crippen LogP contribution in [0, 0.1) is 10.1 Å². The molecule has 0 N–H and O–H groups in total. The van der Waals surface area contributed by atoms with Crippen molar-refractivity contribution >= 4 is 34.7 Å². The molecule has 1 aromatic heterocycles. The summed E-state index contributed by atoms with van der Waals surface area (Å²) in [5.74, 6) is -0.295. The van der Waals surface area contributed by atoms with Gasteiger partial charge in [-0.05, 0) is 49.2 Å². The maximum absolute atomic E-state index is 12.8. The molecule has 10 heteroatoms. The number of thioether (sulfide) groups is 1. The summed E-state index contributed by atoms with van der Waals surface area (Å²) in [5.41, 5.74) is 1.91. The molecule has 2 aliphatic heterocycles. The van der Waals surface area contributed by atoms with Gasteiger partial charge in [0.1, 0.15) is 0 Å². The van der Waals surface area contributed by atoms with Gasteiger partial charge in [0.15, 0.2) is 0 Å². The minimum atomic E-state index is -0.451. The van der Waals surface area contributed by atoms with E-state index in [9.17, 15) is 19.7 Å². The number of non-ortho nitro benzene ring substituents is 1. The lowest BCUT2D eigenvalue weighted by Crippen LogP contribution is -2.47. The number of benzene rings is 1. The van der Waals surface area contributed by atoms with Crippen LogP contribution in [0.2, 0.25) is 0 Å². The Kier molecular flexibility index (Phi) is 6.63. The number of nitro groups is 1. The topological polar surface area (TPSA) is 99.9 Å². The molecule has 1 aromatic carbocycles. The van der Waals surface area contributed by atoms with E-state index in [1.165, 1.54) is 17.0 Å². The van der Waals surface area contributed by atoms with Crippen LogP contribution in [0.1, 0.15) is 5.69 Å². The molecule has 2 aliphatic rings. The fourth-order valence-electron chi connectivity index (χ4n) is 3.59. The second kappa shape index (κ2) is 9.60. The van der Waals surface area contributed by atoms with Gasteiger partial charge in [-0.15, -0.1) is 0 Å². The van der Waals surface area contributed by atoms with Crippen molar-refractivity contribution in [1.29, 1.82) is 0 Å². The molecule has 4 rings (SSSR count). The molecule has 32 heavy (non-hydrogen) atoms. The molecule has 2 amide bonds. The summed E-state index contributed by atoms with van der Waals surface area (Å²) < 4.78 is 0. The minimum Gasteiger partial charge on any atom is -0.304 e. The highest BCUT2D eigenvalue weighted by atomic mass is 32.2. The van der Waals surface area contributed by atoms with Crippen molar-refractivity contribution in [3.05, 3.63) is 63.2 Å². The zero-order valence-electron chi connectivity index (χ0n) is 17.6. The number of hydrogen-bond donors (Lipinski definition) is 0. The fraction of sp³-hybridized carbons (Fsp3) is 0.318. The van der Waals surface area contributed by atoms with Gasteiger partial charge in [-0.2, -0.15) is 0 Å². The molecule has 9 nitrogen and oxygen atoms in total. The Morgan fingerprint density at radius 2 is 1.78 bits per heavy atom. The van der Waals surface area contributed by atoms with E-state index in [2.05, 4.69) is 21.8 Å². The van der Waals surface area contributed by atoms with Crippen molar-refractivity contribution in [2.75, 3.05) is 46.3 Å². The third-order valence-corrected chi connectivity index (χ3v) is 6.44. The zero-order valence-corrected chi connectivity index (χ0v) is 18.5. The summed E-state index contributed by atoms with van der Waals surface area (Å²) in [6.07, 6.45) is 1.62. The number of imide groups is 1. The number of nitro benzene ring substituents is 1. The molecule has 0 atom stereocenters. The van der Waals surface area contributed by atoms with Crippen LogP contribution < -0.4 is 0 Å². The molecule has 0 bridgehead atoms. The third-order valence-electron chi connectivity index (χ3n) is 5.53. The van der Waals surface area contributed by atoms with E-state index in [0.717, 1.165) is 43.5 Å². The van der Waals surface area contributed by atoms with Crippen LogP contribution in [-0.2, 0) is 4.79 Å². The Balaban J connectivity index is 1.44. The van der Waals surface area contributed by atoms with E-state index in [-0.39, 0.29) is 16.8 Å². The molecule has 3 heterocycles. The molecular weight excluding hydrogens is 430 g/mol. The highest BCUT2D eigenvalue weighted by Crippen LogP contribution is 2.32. The highest BCUT2D eigenvalue weighted by Gasteiger charge is 2.35. The molecule has 166 valence electrons. The predicted molar refractivity (Wildman–Crippen MR) is 123 cm³/mol. The Labute approximate surface area is 189 Å². The number of amides is 2. The summed E-state index contributed by atoms with van der Waals surface area (Å²) in [5, 5.41) is 10.6. The molecular formula is C22H23N5O4S. The summed E-state index contributed by atoms with van der Waals surface area (Å²) in [7, 11) is 2.09. The van der Waals surface area contributed by atoms with Crippen LogP contribution in [0.25, 0.3) is 17.3 Å². The van der Waals surface area contributed by atoms with Crippen molar-refractivity contribution in [2.45, 2.75) is 0 Å². The van der Waals surface area contributed by atoms with E-state index in [4.69, 9.17) is 0 Å². The number of rotatable bonds is 6. The Bertz CT molecular complexity index is 1060.